The Labute approximate surface area is 39.2 Å². The van der Waals surface area contributed by atoms with Gasteiger partial charge in [-0.25, -0.2) is 0 Å². The third-order valence-electron chi connectivity index (χ3n) is 0.0873. The molecule has 0 fully saturated rings. The van der Waals surface area contributed by atoms with Gasteiger partial charge in [0.25, 0.3) is 0 Å². The second kappa shape index (κ2) is 4.11. The van der Waals surface area contributed by atoms with Crippen molar-refractivity contribution in [1.29, 1.82) is 0 Å². The van der Waals surface area contributed by atoms with Crippen molar-refractivity contribution in [3.05, 3.63) is 0 Å². The second-order valence-corrected chi connectivity index (χ2v) is 1.38. The molecule has 0 amide bonds. The lowest BCUT2D eigenvalue weighted by atomic mass is 11.9. The fraction of sp³-hybridized carbons (Fsp3) is 0. The third kappa shape index (κ3) is 4.11. The van der Waals surface area contributed by atoms with Gasteiger partial charge in [-0.05, 0) is 16.9 Å². The topological polar surface area (TPSA) is 29.1 Å². The first-order valence-corrected chi connectivity index (χ1v) is 2.10. The predicted octanol–water partition coefficient (Wildman–Crippen LogP) is -0.514. The van der Waals surface area contributed by atoms with Gasteiger partial charge in [-0.2, -0.15) is 4.79 Å². The standard InChI is InChI=1S/CH2NOS2/c3-1-5-2-4/h2,4H/q+1. The summed E-state index contributed by atoms with van der Waals surface area (Å²) in [7, 11) is 0. The summed E-state index contributed by atoms with van der Waals surface area (Å²) in [6.45, 7) is 0. The van der Waals surface area contributed by atoms with Crippen molar-refractivity contribution in [3.8, 4) is 0 Å². The van der Waals surface area contributed by atoms with Crippen LogP contribution in [-0.2, 0) is 16.3 Å². The van der Waals surface area contributed by atoms with Crippen LogP contribution in [0.5, 0.6) is 0 Å². The average Bonchev–Trinajstić information content (AvgIpc) is 1.41. The maximum absolute atomic E-state index is 9.13. The van der Waals surface area contributed by atoms with E-state index in [2.05, 4.69) is 16.9 Å². The Hall–Kier alpha value is 0.110. The highest BCUT2D eigenvalue weighted by Gasteiger charge is 1.75. The molecule has 1 N–H and O–H groups in total. The molecular weight excluding hydrogens is 106 g/mol. The van der Waals surface area contributed by atoms with Crippen molar-refractivity contribution in [1.82, 2.24) is 4.13 Å². The molecule has 4 heteroatoms. The van der Waals surface area contributed by atoms with E-state index in [0.717, 1.165) is 11.5 Å². The van der Waals surface area contributed by atoms with Crippen LogP contribution in [0, 0.1) is 0 Å². The van der Waals surface area contributed by atoms with Crippen LogP contribution < -0.4 is 4.13 Å². The number of carbonyl (C=O) groups excluding carboxylic acids is 1. The first-order chi connectivity index (χ1) is 2.41. The molecule has 0 aromatic rings. The zero-order valence-corrected chi connectivity index (χ0v) is 3.97. The summed E-state index contributed by atoms with van der Waals surface area (Å²) in [6, 6.07) is 0. The van der Waals surface area contributed by atoms with Crippen LogP contribution in [0.1, 0.15) is 0 Å². The lowest BCUT2D eigenvalue weighted by molar-refractivity contribution is 0.572. The molecule has 0 saturated heterocycles. The number of hydrogen-bond donors (Lipinski definition) is 2. The Bertz CT molecular complexity index is 56.7. The summed E-state index contributed by atoms with van der Waals surface area (Å²) >= 11 is 4.22. The summed E-state index contributed by atoms with van der Waals surface area (Å²) in [4.78, 5) is 9.13. The third-order valence-corrected chi connectivity index (χ3v) is 0.536. The van der Waals surface area contributed by atoms with Crippen LogP contribution in [0.15, 0.2) is 0 Å². The lowest BCUT2D eigenvalue weighted by Crippen LogP contribution is -1.82. The first kappa shape index (κ1) is 5.11. The fourth-order valence-electron chi connectivity index (χ4n) is 0.0186. The summed E-state index contributed by atoms with van der Waals surface area (Å²) in [5, 5.41) is 1.50. The predicted molar refractivity (Wildman–Crippen MR) is 25.2 cm³/mol. The molecule has 0 aliphatic rings. The minimum Gasteiger partial charge on any atom is -0.164 e. The Morgan fingerprint density at radius 3 is 2.60 bits per heavy atom. The molecule has 28 valence electrons. The average molecular weight is 108 g/mol. The minimum absolute atomic E-state index is 0.772. The quantitative estimate of drug-likeness (QED) is 0.205. The smallest absolute Gasteiger partial charge is 0.164 e. The van der Waals surface area contributed by atoms with E-state index < -0.39 is 0 Å². The highest BCUT2D eigenvalue weighted by atomic mass is 32.2. The molecule has 0 atom stereocenters. The highest BCUT2D eigenvalue weighted by Crippen LogP contribution is 1.45. The van der Waals surface area contributed by atoms with Gasteiger partial charge in [-0.3, -0.25) is 0 Å². The van der Waals surface area contributed by atoms with Gasteiger partial charge in [0.15, 0.2) is 0 Å². The van der Waals surface area contributed by atoms with Crippen molar-refractivity contribution in [2.45, 2.75) is 0 Å². The molecule has 0 aromatic carbocycles. The van der Waals surface area contributed by atoms with Crippen LogP contribution in [0.3, 0.4) is 0 Å². The van der Waals surface area contributed by atoms with E-state index in [1.165, 1.54) is 5.23 Å². The molecule has 0 unspecified atom stereocenters. The SMILES string of the molecule is O=C=[S+]NS. The summed E-state index contributed by atoms with van der Waals surface area (Å²) in [5.74, 6) is 0. The first-order valence-electron chi connectivity index (χ1n) is 0.836. The monoisotopic (exact) mass is 108 g/mol. The fourth-order valence-corrected chi connectivity index (χ4v) is 0.168. The van der Waals surface area contributed by atoms with Crippen LogP contribution in [0.2, 0.25) is 0 Å². The Kier molecular flexibility index (Phi) is 4.20. The molecule has 0 heterocycles. The maximum Gasteiger partial charge on any atom is 0.461 e. The second-order valence-electron chi connectivity index (χ2n) is 0.277. The van der Waals surface area contributed by atoms with Crippen LogP contribution in [-0.4, -0.2) is 5.23 Å². The Morgan fingerprint density at radius 1 is 2.00 bits per heavy atom. The van der Waals surface area contributed by atoms with Crippen LogP contribution in [0.4, 0.5) is 0 Å². The van der Waals surface area contributed by atoms with Crippen molar-refractivity contribution >= 4 is 29.6 Å². The molecule has 0 aliphatic heterocycles. The Balaban J connectivity index is 2.93. The summed E-state index contributed by atoms with van der Waals surface area (Å²) in [6.07, 6.45) is 0. The van der Waals surface area contributed by atoms with Crippen molar-refractivity contribution in [2.24, 2.45) is 0 Å². The molecule has 0 aromatic heterocycles. The zero-order valence-electron chi connectivity index (χ0n) is 2.26. The zero-order chi connectivity index (χ0) is 4.12. The van der Waals surface area contributed by atoms with Crippen molar-refractivity contribution in [3.63, 3.8) is 0 Å². The molecule has 2 nitrogen and oxygen atoms in total. The van der Waals surface area contributed by atoms with Crippen LogP contribution in [0.25, 0.3) is 0 Å². The van der Waals surface area contributed by atoms with E-state index in [9.17, 15) is 0 Å². The van der Waals surface area contributed by atoms with E-state index >= 15 is 0 Å². The van der Waals surface area contributed by atoms with Gasteiger partial charge < -0.3 is 0 Å². The van der Waals surface area contributed by atoms with Gasteiger partial charge >= 0.3 is 16.8 Å². The van der Waals surface area contributed by atoms with E-state index in [4.69, 9.17) is 4.79 Å². The minimum atomic E-state index is 0.772. The molecule has 0 aliphatic carbocycles. The van der Waals surface area contributed by atoms with Gasteiger partial charge in [0.1, 0.15) is 0 Å². The van der Waals surface area contributed by atoms with E-state index in [-0.39, 0.29) is 0 Å². The van der Waals surface area contributed by atoms with Gasteiger partial charge in [0.2, 0.25) is 0 Å². The Morgan fingerprint density at radius 2 is 2.60 bits per heavy atom. The lowest BCUT2D eigenvalue weighted by Gasteiger charge is -1.41. The number of thiol groups is 1. The number of nitrogens with one attached hydrogen (secondary N) is 1. The van der Waals surface area contributed by atoms with Crippen molar-refractivity contribution < 1.29 is 4.79 Å². The largest absolute Gasteiger partial charge is 0.461 e. The van der Waals surface area contributed by atoms with Crippen LogP contribution >= 0.6 is 12.8 Å². The summed E-state index contributed by atoms with van der Waals surface area (Å²) in [5.41, 5.74) is 0. The maximum atomic E-state index is 9.13. The normalized spacial score (nSPS) is 5.80. The van der Waals surface area contributed by atoms with E-state index in [1.54, 1.807) is 0 Å². The molecule has 0 radical (unpaired) electrons. The molecule has 0 saturated carbocycles. The van der Waals surface area contributed by atoms with Gasteiger partial charge in [0, 0.05) is 0 Å². The highest BCUT2D eigenvalue weighted by molar-refractivity contribution is 7.92. The number of rotatable bonds is 1. The molecular formula is CH2NOS2+. The molecule has 0 bridgehead atoms. The number of hydrogen-bond acceptors (Lipinski definition) is 3. The van der Waals surface area contributed by atoms with Crippen molar-refractivity contribution in [2.75, 3.05) is 0 Å². The van der Waals surface area contributed by atoms with E-state index in [1.807, 2.05) is 0 Å². The van der Waals surface area contributed by atoms with Gasteiger partial charge in [-0.1, -0.05) is 0 Å². The molecule has 0 spiro atoms. The molecule has 5 heavy (non-hydrogen) atoms. The van der Waals surface area contributed by atoms with Gasteiger partial charge in [-0.15, -0.1) is 0 Å². The summed E-state index contributed by atoms with van der Waals surface area (Å²) < 4.78 is 2.20. The van der Waals surface area contributed by atoms with E-state index in [0.29, 0.717) is 0 Å². The molecule has 0 rings (SSSR count). The van der Waals surface area contributed by atoms with Gasteiger partial charge in [0.05, 0.1) is 0 Å².